The number of rotatable bonds is 2. The van der Waals surface area contributed by atoms with Gasteiger partial charge in [0.05, 0.1) is 6.67 Å². The minimum atomic E-state index is -0.814. The molecule has 11 heavy (non-hydrogen) atoms. The van der Waals surface area contributed by atoms with Gasteiger partial charge in [-0.3, -0.25) is 4.39 Å². The van der Waals surface area contributed by atoms with E-state index in [0.29, 0.717) is 0 Å². The first-order valence-electron chi connectivity index (χ1n) is 3.17. The summed E-state index contributed by atoms with van der Waals surface area (Å²) >= 11 is 0. The average Bonchev–Trinajstić information content (AvgIpc) is 2.32. The second-order valence-corrected chi connectivity index (χ2v) is 2.09. The van der Waals surface area contributed by atoms with Crippen molar-refractivity contribution in [2.24, 2.45) is 0 Å². The highest BCUT2D eigenvalue weighted by molar-refractivity contribution is 5.63. The first kappa shape index (κ1) is 7.86. The fourth-order valence-electron chi connectivity index (χ4n) is 0.852. The zero-order valence-corrected chi connectivity index (χ0v) is 5.75. The quantitative estimate of drug-likeness (QED) is 0.442. The van der Waals surface area contributed by atoms with Crippen molar-refractivity contribution in [2.75, 3.05) is 6.67 Å². The van der Waals surface area contributed by atoms with Crippen LogP contribution in [0.5, 0.6) is 0 Å². The molecule has 0 radical (unpaired) electrons. The summed E-state index contributed by atoms with van der Waals surface area (Å²) in [6.45, 7) is -0.570. The summed E-state index contributed by atoms with van der Waals surface area (Å²) in [6, 6.07) is 0. The minimum absolute atomic E-state index is 0.0978. The molecule has 1 fully saturated rings. The van der Waals surface area contributed by atoms with E-state index in [4.69, 9.17) is 6.42 Å². The third kappa shape index (κ3) is 1.61. The average molecular weight is 158 g/mol. The van der Waals surface area contributed by atoms with E-state index >= 15 is 0 Å². The molecule has 0 N–H and O–H groups in total. The van der Waals surface area contributed by atoms with E-state index in [1.165, 1.54) is 0 Å². The Labute approximate surface area is 63.5 Å². The van der Waals surface area contributed by atoms with Crippen molar-refractivity contribution in [1.29, 1.82) is 0 Å². The smallest absolute Gasteiger partial charge is 0.426 e. The third-order valence-corrected chi connectivity index (χ3v) is 1.37. The Morgan fingerprint density at radius 1 is 1.64 bits per heavy atom. The first-order valence-corrected chi connectivity index (χ1v) is 3.17. The van der Waals surface area contributed by atoms with Crippen molar-refractivity contribution in [2.45, 2.75) is 18.6 Å². The lowest BCUT2D eigenvalue weighted by Gasteiger charge is -2.06. The molecular formula is C7H7FO3. The van der Waals surface area contributed by atoms with Crippen molar-refractivity contribution >= 4 is 6.16 Å². The summed E-state index contributed by atoms with van der Waals surface area (Å²) in [5.74, 6) is 2.19. The molecule has 0 aromatic rings. The van der Waals surface area contributed by atoms with Gasteiger partial charge in [-0.05, 0) is 0 Å². The molecule has 1 saturated heterocycles. The predicted molar refractivity (Wildman–Crippen MR) is 34.6 cm³/mol. The van der Waals surface area contributed by atoms with Crippen molar-refractivity contribution in [3.63, 3.8) is 0 Å². The minimum Gasteiger partial charge on any atom is -0.426 e. The van der Waals surface area contributed by atoms with Gasteiger partial charge in [-0.25, -0.2) is 4.79 Å². The van der Waals surface area contributed by atoms with Crippen LogP contribution in [0.15, 0.2) is 0 Å². The van der Waals surface area contributed by atoms with Crippen molar-refractivity contribution < 1.29 is 18.7 Å². The number of hydrogen-bond donors (Lipinski definition) is 0. The Bertz CT molecular complexity index is 196. The number of terminal acetylenes is 1. The molecule has 1 heterocycles. The number of cyclic esters (lactones) is 2. The Hall–Kier alpha value is -1.24. The Balaban J connectivity index is 2.52. The number of carbonyl (C=O) groups is 1. The van der Waals surface area contributed by atoms with Gasteiger partial charge in [-0.1, -0.05) is 5.92 Å². The van der Waals surface area contributed by atoms with Crippen LogP contribution in [0.2, 0.25) is 0 Å². The van der Waals surface area contributed by atoms with Gasteiger partial charge in [0.15, 0.2) is 6.10 Å². The highest BCUT2D eigenvalue weighted by Crippen LogP contribution is 2.17. The molecule has 2 unspecified atom stereocenters. The second-order valence-electron chi connectivity index (χ2n) is 2.09. The summed E-state index contributed by atoms with van der Waals surface area (Å²) in [4.78, 5) is 10.4. The first-order chi connectivity index (χ1) is 5.27. The summed E-state index contributed by atoms with van der Waals surface area (Å²) < 4.78 is 20.8. The Kier molecular flexibility index (Phi) is 2.32. The molecule has 0 aliphatic carbocycles. The molecule has 0 aromatic heterocycles. The Morgan fingerprint density at radius 2 is 2.36 bits per heavy atom. The Morgan fingerprint density at radius 3 is 2.91 bits per heavy atom. The van der Waals surface area contributed by atoms with Crippen LogP contribution in [0.3, 0.4) is 0 Å². The van der Waals surface area contributed by atoms with Crippen LogP contribution in [0.25, 0.3) is 0 Å². The van der Waals surface area contributed by atoms with Crippen LogP contribution < -0.4 is 0 Å². The molecule has 3 nitrogen and oxygen atoms in total. The molecule has 4 heteroatoms. The van der Waals surface area contributed by atoms with E-state index in [2.05, 4.69) is 15.4 Å². The summed E-state index contributed by atoms with van der Waals surface area (Å²) in [5.41, 5.74) is 0. The van der Waals surface area contributed by atoms with Crippen molar-refractivity contribution in [3.8, 4) is 12.3 Å². The number of hydrogen-bond acceptors (Lipinski definition) is 3. The van der Waals surface area contributed by atoms with Crippen LogP contribution >= 0.6 is 0 Å². The molecule has 0 bridgehead atoms. The van der Waals surface area contributed by atoms with Crippen molar-refractivity contribution in [1.82, 2.24) is 0 Å². The topological polar surface area (TPSA) is 35.5 Å². The molecular weight excluding hydrogens is 151 g/mol. The van der Waals surface area contributed by atoms with Gasteiger partial charge >= 0.3 is 6.16 Å². The molecule has 1 aliphatic heterocycles. The summed E-state index contributed by atoms with van der Waals surface area (Å²) in [7, 11) is 0. The van der Waals surface area contributed by atoms with E-state index in [1.807, 2.05) is 0 Å². The molecule has 60 valence electrons. The van der Waals surface area contributed by atoms with Crippen LogP contribution in [0, 0.1) is 12.3 Å². The highest BCUT2D eigenvalue weighted by Gasteiger charge is 2.34. The monoisotopic (exact) mass is 158 g/mol. The largest absolute Gasteiger partial charge is 0.510 e. The van der Waals surface area contributed by atoms with E-state index in [-0.39, 0.29) is 6.42 Å². The van der Waals surface area contributed by atoms with E-state index in [9.17, 15) is 9.18 Å². The van der Waals surface area contributed by atoms with Gasteiger partial charge in [0.2, 0.25) is 6.10 Å². The van der Waals surface area contributed by atoms with Crippen LogP contribution in [0.1, 0.15) is 6.42 Å². The van der Waals surface area contributed by atoms with Crippen molar-refractivity contribution in [3.05, 3.63) is 0 Å². The van der Waals surface area contributed by atoms with Gasteiger partial charge in [0.25, 0.3) is 0 Å². The number of halogens is 1. The fraction of sp³-hybridized carbons (Fsp3) is 0.571. The van der Waals surface area contributed by atoms with E-state index in [1.54, 1.807) is 0 Å². The van der Waals surface area contributed by atoms with Gasteiger partial charge in [0, 0.05) is 6.42 Å². The molecule has 1 aliphatic rings. The maximum atomic E-state index is 11.8. The lowest BCUT2D eigenvalue weighted by Crippen LogP contribution is -2.20. The molecule has 1 rings (SSSR count). The molecule has 0 spiro atoms. The fourth-order valence-corrected chi connectivity index (χ4v) is 0.852. The summed E-state index contributed by atoms with van der Waals surface area (Å²) in [5, 5.41) is 0. The molecule has 0 aromatic carbocycles. The predicted octanol–water partition coefficient (Wildman–Crippen LogP) is 0.883. The molecule has 0 amide bonds. The normalized spacial score (nSPS) is 28.9. The van der Waals surface area contributed by atoms with Crippen LogP contribution in [-0.2, 0) is 9.47 Å². The lowest BCUT2D eigenvalue weighted by atomic mass is 10.2. The third-order valence-electron chi connectivity index (χ3n) is 1.37. The van der Waals surface area contributed by atoms with Gasteiger partial charge in [0.1, 0.15) is 0 Å². The van der Waals surface area contributed by atoms with E-state index in [0.717, 1.165) is 0 Å². The number of ether oxygens (including phenoxy) is 2. The molecule has 0 saturated carbocycles. The number of carbonyl (C=O) groups excluding carboxylic acids is 1. The van der Waals surface area contributed by atoms with Gasteiger partial charge in [-0.2, -0.15) is 0 Å². The lowest BCUT2D eigenvalue weighted by molar-refractivity contribution is 0.114. The maximum absolute atomic E-state index is 11.8. The van der Waals surface area contributed by atoms with E-state index < -0.39 is 25.0 Å². The zero-order valence-electron chi connectivity index (χ0n) is 5.75. The SMILES string of the molecule is C#CC1OC(=O)OC1CCF. The van der Waals surface area contributed by atoms with Crippen LogP contribution in [-0.4, -0.2) is 25.0 Å². The second kappa shape index (κ2) is 3.24. The number of alkyl halides is 1. The standard InChI is InChI=1S/C7H7FO3/c1-2-5-6(3-4-8)11-7(9)10-5/h1,5-6H,3-4H2. The van der Waals surface area contributed by atoms with Crippen LogP contribution in [0.4, 0.5) is 9.18 Å². The molecule has 2 atom stereocenters. The maximum Gasteiger partial charge on any atom is 0.510 e. The van der Waals surface area contributed by atoms with Gasteiger partial charge < -0.3 is 9.47 Å². The van der Waals surface area contributed by atoms with Gasteiger partial charge in [-0.15, -0.1) is 6.42 Å². The zero-order chi connectivity index (χ0) is 8.27. The highest BCUT2D eigenvalue weighted by atomic mass is 19.1. The summed E-state index contributed by atoms with van der Waals surface area (Å²) in [6.07, 6.45) is 2.93.